The average molecular weight is 193 g/mol. The highest BCUT2D eigenvalue weighted by molar-refractivity contribution is 5.83. The molecular weight excluding hydrogens is 185 g/mol. The maximum atomic E-state index is 13.4. The average Bonchev–Trinajstić information content (AvgIpc) is 2.19. The van der Waals surface area contributed by atoms with E-state index >= 15 is 0 Å². The highest BCUT2D eigenvalue weighted by Crippen LogP contribution is 2.20. The van der Waals surface area contributed by atoms with Crippen molar-refractivity contribution in [2.45, 2.75) is 0 Å². The molecule has 72 valence electrons. The first-order valence-electron chi connectivity index (χ1n) is 4.07. The van der Waals surface area contributed by atoms with Crippen LogP contribution in [0.5, 0.6) is 5.75 Å². The Balaban J connectivity index is 2.91. The molecule has 0 unspecified atom stereocenters. The lowest BCUT2D eigenvalue weighted by molar-refractivity contribution is 0.412. The van der Waals surface area contributed by atoms with E-state index in [0.29, 0.717) is 16.5 Å². The molecule has 0 radical (unpaired) electrons. The van der Waals surface area contributed by atoms with Gasteiger partial charge < -0.3 is 9.72 Å². The van der Waals surface area contributed by atoms with Crippen molar-refractivity contribution >= 4 is 10.8 Å². The van der Waals surface area contributed by atoms with Gasteiger partial charge in [-0.15, -0.1) is 0 Å². The smallest absolute Gasteiger partial charge is 0.256 e. The molecule has 0 aliphatic carbocycles. The van der Waals surface area contributed by atoms with Crippen LogP contribution >= 0.6 is 0 Å². The van der Waals surface area contributed by atoms with Crippen LogP contribution < -0.4 is 10.3 Å². The second-order valence-corrected chi connectivity index (χ2v) is 2.88. The summed E-state index contributed by atoms with van der Waals surface area (Å²) in [6, 6.07) is 4.28. The first-order valence-corrected chi connectivity index (χ1v) is 4.07. The molecule has 0 aliphatic heterocycles. The predicted octanol–water partition coefficient (Wildman–Crippen LogP) is 1.68. The summed E-state index contributed by atoms with van der Waals surface area (Å²) in [6.07, 6.45) is 1.42. The van der Waals surface area contributed by atoms with Gasteiger partial charge in [-0.2, -0.15) is 0 Å². The van der Waals surface area contributed by atoms with Gasteiger partial charge in [0.25, 0.3) is 5.56 Å². The molecule has 1 N–H and O–H groups in total. The van der Waals surface area contributed by atoms with Gasteiger partial charge in [0.15, 0.2) is 0 Å². The molecule has 1 aromatic carbocycles. The summed E-state index contributed by atoms with van der Waals surface area (Å²) in [4.78, 5) is 13.8. The Labute approximate surface area is 79.1 Å². The van der Waals surface area contributed by atoms with Gasteiger partial charge in [0, 0.05) is 17.6 Å². The zero-order valence-corrected chi connectivity index (χ0v) is 7.50. The summed E-state index contributed by atoms with van der Waals surface area (Å²) in [6.45, 7) is 0. The Morgan fingerprint density at radius 3 is 2.86 bits per heavy atom. The SMILES string of the molecule is COc1cc(F)c2cc[nH]c(=O)c2c1. The molecule has 2 aromatic rings. The minimum absolute atomic E-state index is 0.296. The Bertz CT molecular complexity index is 533. The largest absolute Gasteiger partial charge is 0.497 e. The standard InChI is InChI=1S/C10H8FNO2/c1-14-6-4-8-7(9(11)5-6)2-3-12-10(8)13/h2-5H,1H3,(H,12,13). The van der Waals surface area contributed by atoms with E-state index < -0.39 is 5.82 Å². The van der Waals surface area contributed by atoms with E-state index in [-0.39, 0.29) is 5.56 Å². The van der Waals surface area contributed by atoms with Crippen molar-refractivity contribution in [2.24, 2.45) is 0 Å². The van der Waals surface area contributed by atoms with Crippen molar-refractivity contribution in [3.8, 4) is 5.75 Å². The van der Waals surface area contributed by atoms with Gasteiger partial charge >= 0.3 is 0 Å². The fourth-order valence-corrected chi connectivity index (χ4v) is 1.35. The Kier molecular flexibility index (Phi) is 1.96. The molecule has 0 saturated carbocycles. The van der Waals surface area contributed by atoms with E-state index in [1.165, 1.54) is 31.5 Å². The zero-order chi connectivity index (χ0) is 10.1. The van der Waals surface area contributed by atoms with Crippen LogP contribution in [0.15, 0.2) is 29.2 Å². The van der Waals surface area contributed by atoms with Gasteiger partial charge in [-0.05, 0) is 12.1 Å². The van der Waals surface area contributed by atoms with Crippen molar-refractivity contribution in [3.05, 3.63) is 40.6 Å². The van der Waals surface area contributed by atoms with E-state index in [1.54, 1.807) is 0 Å². The molecule has 3 nitrogen and oxygen atoms in total. The molecule has 1 heterocycles. The molecule has 0 amide bonds. The number of aromatic nitrogens is 1. The second kappa shape index (κ2) is 3.14. The molecule has 1 aromatic heterocycles. The summed E-state index contributed by atoms with van der Waals surface area (Å²) in [5.74, 6) is -0.114. The van der Waals surface area contributed by atoms with Gasteiger partial charge in [0.2, 0.25) is 0 Å². The number of methoxy groups -OCH3 is 1. The molecule has 0 bridgehead atoms. The zero-order valence-electron chi connectivity index (χ0n) is 7.50. The van der Waals surface area contributed by atoms with Crippen LogP contribution in [-0.2, 0) is 0 Å². The third kappa shape index (κ3) is 1.25. The fraction of sp³-hybridized carbons (Fsp3) is 0.100. The number of halogens is 1. The first kappa shape index (κ1) is 8.74. The number of hydrogen-bond donors (Lipinski definition) is 1. The Morgan fingerprint density at radius 2 is 2.14 bits per heavy atom. The lowest BCUT2D eigenvalue weighted by atomic mass is 10.1. The number of rotatable bonds is 1. The number of nitrogens with one attached hydrogen (secondary N) is 1. The summed E-state index contributed by atoms with van der Waals surface area (Å²) in [7, 11) is 1.43. The van der Waals surface area contributed by atoms with Crippen molar-refractivity contribution in [2.75, 3.05) is 7.11 Å². The van der Waals surface area contributed by atoms with Crippen molar-refractivity contribution in [3.63, 3.8) is 0 Å². The number of fused-ring (bicyclic) bond motifs is 1. The van der Waals surface area contributed by atoms with Crippen LogP contribution in [-0.4, -0.2) is 12.1 Å². The molecule has 0 fully saturated rings. The van der Waals surface area contributed by atoms with E-state index in [1.807, 2.05) is 0 Å². The quantitative estimate of drug-likeness (QED) is 0.748. The second-order valence-electron chi connectivity index (χ2n) is 2.88. The van der Waals surface area contributed by atoms with E-state index in [4.69, 9.17) is 4.74 Å². The molecule has 0 spiro atoms. The topological polar surface area (TPSA) is 42.1 Å². The highest BCUT2D eigenvalue weighted by atomic mass is 19.1. The number of hydrogen-bond acceptors (Lipinski definition) is 2. The van der Waals surface area contributed by atoms with Crippen LogP contribution in [0.4, 0.5) is 4.39 Å². The number of pyridine rings is 1. The minimum Gasteiger partial charge on any atom is -0.497 e. The van der Waals surface area contributed by atoms with E-state index in [0.717, 1.165) is 0 Å². The molecule has 4 heteroatoms. The number of benzene rings is 1. The van der Waals surface area contributed by atoms with Crippen LogP contribution in [0, 0.1) is 5.82 Å². The van der Waals surface area contributed by atoms with Crippen molar-refractivity contribution < 1.29 is 9.13 Å². The number of H-pyrrole nitrogens is 1. The molecular formula is C10H8FNO2. The monoisotopic (exact) mass is 193 g/mol. The molecule has 14 heavy (non-hydrogen) atoms. The third-order valence-corrected chi connectivity index (χ3v) is 2.05. The van der Waals surface area contributed by atoms with Crippen molar-refractivity contribution in [1.29, 1.82) is 0 Å². The lowest BCUT2D eigenvalue weighted by Gasteiger charge is -2.02. The van der Waals surface area contributed by atoms with Gasteiger partial charge in [0.05, 0.1) is 12.5 Å². The van der Waals surface area contributed by atoms with Gasteiger partial charge in [-0.3, -0.25) is 4.79 Å². The lowest BCUT2D eigenvalue weighted by Crippen LogP contribution is -2.05. The maximum Gasteiger partial charge on any atom is 0.256 e. The highest BCUT2D eigenvalue weighted by Gasteiger charge is 2.05. The van der Waals surface area contributed by atoms with Crippen LogP contribution in [0.2, 0.25) is 0 Å². The summed E-state index contributed by atoms with van der Waals surface area (Å²) in [5.41, 5.74) is -0.319. The normalized spacial score (nSPS) is 10.4. The van der Waals surface area contributed by atoms with Gasteiger partial charge in [0.1, 0.15) is 11.6 Å². The number of ether oxygens (including phenoxy) is 1. The minimum atomic E-state index is -0.453. The molecule has 2 rings (SSSR count). The van der Waals surface area contributed by atoms with Gasteiger partial charge in [-0.25, -0.2) is 4.39 Å². The summed E-state index contributed by atoms with van der Waals surface area (Å²) in [5, 5.41) is 0.596. The van der Waals surface area contributed by atoms with Crippen LogP contribution in [0.25, 0.3) is 10.8 Å². The van der Waals surface area contributed by atoms with E-state index in [9.17, 15) is 9.18 Å². The Morgan fingerprint density at radius 1 is 1.36 bits per heavy atom. The third-order valence-electron chi connectivity index (χ3n) is 2.05. The van der Waals surface area contributed by atoms with Gasteiger partial charge in [-0.1, -0.05) is 0 Å². The van der Waals surface area contributed by atoms with Crippen LogP contribution in [0.1, 0.15) is 0 Å². The molecule has 0 saturated heterocycles. The molecule has 0 aliphatic rings. The van der Waals surface area contributed by atoms with Crippen molar-refractivity contribution in [1.82, 2.24) is 4.98 Å². The first-order chi connectivity index (χ1) is 6.72. The Hall–Kier alpha value is -1.84. The predicted molar refractivity (Wildman–Crippen MR) is 51.1 cm³/mol. The summed E-state index contributed by atoms with van der Waals surface area (Å²) < 4.78 is 18.2. The fourth-order valence-electron chi connectivity index (χ4n) is 1.35. The molecule has 0 atom stereocenters. The van der Waals surface area contributed by atoms with E-state index in [2.05, 4.69) is 4.98 Å². The van der Waals surface area contributed by atoms with Crippen LogP contribution in [0.3, 0.4) is 0 Å². The summed E-state index contributed by atoms with van der Waals surface area (Å²) >= 11 is 0. The maximum absolute atomic E-state index is 13.4. The number of aromatic amines is 1.